The molecule has 2 rings (SSSR count). The van der Waals surface area contributed by atoms with Crippen LogP contribution in [0.15, 0.2) is 10.5 Å². The molecular weight excluding hydrogens is 270 g/mol. The largest absolute Gasteiger partial charge is 0.488 e. The highest BCUT2D eigenvalue weighted by Crippen LogP contribution is 2.39. The van der Waals surface area contributed by atoms with E-state index in [0.29, 0.717) is 6.42 Å². The molecule has 1 unspecified atom stereocenters. The summed E-state index contributed by atoms with van der Waals surface area (Å²) in [7, 11) is 0. The highest BCUT2D eigenvalue weighted by molar-refractivity contribution is 9.10. The van der Waals surface area contributed by atoms with Crippen LogP contribution in [0.1, 0.15) is 24.5 Å². The third kappa shape index (κ3) is 1.94. The van der Waals surface area contributed by atoms with E-state index in [9.17, 15) is 4.79 Å². The van der Waals surface area contributed by atoms with Crippen LogP contribution in [0.3, 0.4) is 0 Å². The monoisotopic (exact) mass is 283 g/mol. The van der Waals surface area contributed by atoms with Crippen LogP contribution in [0.5, 0.6) is 5.75 Å². The van der Waals surface area contributed by atoms with Gasteiger partial charge in [0.25, 0.3) is 0 Å². The molecule has 1 aromatic rings. The molecule has 1 aliphatic rings. The Balaban J connectivity index is 2.60. The predicted octanol–water partition coefficient (Wildman–Crippen LogP) is 3.18. The Morgan fingerprint density at radius 3 is 2.88 bits per heavy atom. The van der Waals surface area contributed by atoms with E-state index in [4.69, 9.17) is 4.74 Å². The molecule has 1 N–H and O–H groups in total. The molecule has 0 spiro atoms. The van der Waals surface area contributed by atoms with E-state index in [1.165, 1.54) is 0 Å². The van der Waals surface area contributed by atoms with Gasteiger partial charge in [-0.25, -0.2) is 0 Å². The molecule has 1 heterocycles. The van der Waals surface area contributed by atoms with E-state index >= 15 is 0 Å². The summed E-state index contributed by atoms with van der Waals surface area (Å²) in [6.07, 6.45) is 0.311. The third-order valence-electron chi connectivity index (χ3n) is 2.72. The standard InChI is InChI=1S/C12H14BrNO2/c1-6-4-9(13)8(3)11-12(6)16-7(2)5-10(15)14-11/h4,7H,5H2,1-3H3,(H,14,15). The molecule has 1 amide bonds. The minimum atomic E-state index is -0.0828. The lowest BCUT2D eigenvalue weighted by Gasteiger charge is -2.16. The van der Waals surface area contributed by atoms with Gasteiger partial charge in [0.2, 0.25) is 5.91 Å². The molecular formula is C12H14BrNO2. The molecule has 1 atom stereocenters. The Hall–Kier alpha value is -1.03. The van der Waals surface area contributed by atoms with Crippen molar-refractivity contribution < 1.29 is 9.53 Å². The van der Waals surface area contributed by atoms with Crippen molar-refractivity contribution in [2.24, 2.45) is 0 Å². The van der Waals surface area contributed by atoms with Crippen LogP contribution in [-0.4, -0.2) is 12.0 Å². The minimum Gasteiger partial charge on any atom is -0.488 e. The van der Waals surface area contributed by atoms with Gasteiger partial charge >= 0.3 is 0 Å². The summed E-state index contributed by atoms with van der Waals surface area (Å²) in [4.78, 5) is 11.6. The SMILES string of the molecule is Cc1cc(Br)c(C)c2c1OC(C)CC(=O)N2. The van der Waals surface area contributed by atoms with Crippen LogP contribution in [0.2, 0.25) is 0 Å². The molecule has 0 radical (unpaired) electrons. The van der Waals surface area contributed by atoms with E-state index in [1.54, 1.807) is 0 Å². The number of halogens is 1. The number of hydrogen-bond acceptors (Lipinski definition) is 2. The van der Waals surface area contributed by atoms with Crippen molar-refractivity contribution in [2.75, 3.05) is 5.32 Å². The van der Waals surface area contributed by atoms with Crippen molar-refractivity contribution in [3.63, 3.8) is 0 Å². The fourth-order valence-electron chi connectivity index (χ4n) is 1.85. The molecule has 0 aliphatic carbocycles. The second-order valence-electron chi connectivity index (χ2n) is 4.19. The van der Waals surface area contributed by atoms with Crippen molar-refractivity contribution in [1.29, 1.82) is 0 Å². The number of hydrogen-bond donors (Lipinski definition) is 1. The second kappa shape index (κ2) is 4.09. The quantitative estimate of drug-likeness (QED) is 0.794. The zero-order valence-corrected chi connectivity index (χ0v) is 11.1. The lowest BCUT2D eigenvalue weighted by molar-refractivity contribution is -0.117. The number of ether oxygens (including phenoxy) is 1. The van der Waals surface area contributed by atoms with Crippen LogP contribution >= 0.6 is 15.9 Å². The van der Waals surface area contributed by atoms with E-state index in [1.807, 2.05) is 26.8 Å². The first-order valence-corrected chi connectivity index (χ1v) is 6.04. The molecule has 0 bridgehead atoms. The number of benzene rings is 1. The van der Waals surface area contributed by atoms with Gasteiger partial charge in [0.05, 0.1) is 12.1 Å². The first-order valence-electron chi connectivity index (χ1n) is 5.25. The summed E-state index contributed by atoms with van der Waals surface area (Å²) in [5, 5.41) is 2.91. The Kier molecular flexibility index (Phi) is 2.93. The fraction of sp³-hybridized carbons (Fsp3) is 0.417. The summed E-state index contributed by atoms with van der Waals surface area (Å²) < 4.78 is 6.78. The highest BCUT2D eigenvalue weighted by Gasteiger charge is 2.23. The van der Waals surface area contributed by atoms with Gasteiger partial charge in [-0.05, 0) is 38.0 Å². The van der Waals surface area contributed by atoms with Crippen LogP contribution in [0.4, 0.5) is 5.69 Å². The predicted molar refractivity (Wildman–Crippen MR) is 67.0 cm³/mol. The Bertz CT molecular complexity index is 457. The van der Waals surface area contributed by atoms with Gasteiger partial charge in [-0.3, -0.25) is 4.79 Å². The molecule has 0 saturated heterocycles. The van der Waals surface area contributed by atoms with Gasteiger partial charge < -0.3 is 10.1 Å². The smallest absolute Gasteiger partial charge is 0.228 e. The van der Waals surface area contributed by atoms with Crippen LogP contribution in [-0.2, 0) is 4.79 Å². The first-order chi connectivity index (χ1) is 7.49. The molecule has 4 heteroatoms. The van der Waals surface area contributed by atoms with Crippen LogP contribution < -0.4 is 10.1 Å². The molecule has 86 valence electrons. The number of carbonyl (C=O) groups is 1. The van der Waals surface area contributed by atoms with Crippen LogP contribution in [0, 0.1) is 13.8 Å². The van der Waals surface area contributed by atoms with Crippen molar-refractivity contribution in [3.05, 3.63) is 21.7 Å². The molecule has 1 aliphatic heterocycles. The minimum absolute atomic E-state index is 0.00634. The van der Waals surface area contributed by atoms with Crippen molar-refractivity contribution in [2.45, 2.75) is 33.3 Å². The maximum absolute atomic E-state index is 11.6. The Morgan fingerprint density at radius 1 is 1.50 bits per heavy atom. The average Bonchev–Trinajstić information content (AvgIpc) is 2.33. The molecule has 16 heavy (non-hydrogen) atoms. The van der Waals surface area contributed by atoms with Crippen molar-refractivity contribution >= 4 is 27.5 Å². The van der Waals surface area contributed by atoms with Crippen molar-refractivity contribution in [3.8, 4) is 5.75 Å². The van der Waals surface area contributed by atoms with Gasteiger partial charge in [-0.15, -0.1) is 0 Å². The van der Waals surface area contributed by atoms with Gasteiger partial charge in [0, 0.05) is 4.47 Å². The lowest BCUT2D eigenvalue weighted by Crippen LogP contribution is -2.17. The number of amides is 1. The van der Waals surface area contributed by atoms with E-state index in [-0.39, 0.29) is 12.0 Å². The summed E-state index contributed by atoms with van der Waals surface area (Å²) in [6, 6.07) is 2.01. The zero-order valence-electron chi connectivity index (χ0n) is 9.56. The Morgan fingerprint density at radius 2 is 2.19 bits per heavy atom. The molecule has 1 aromatic carbocycles. The van der Waals surface area contributed by atoms with Crippen molar-refractivity contribution in [1.82, 2.24) is 0 Å². The van der Waals surface area contributed by atoms with E-state index in [0.717, 1.165) is 27.0 Å². The summed E-state index contributed by atoms with van der Waals surface area (Å²) >= 11 is 3.48. The molecule has 0 fully saturated rings. The fourth-order valence-corrected chi connectivity index (χ4v) is 2.39. The van der Waals surface area contributed by atoms with Gasteiger partial charge in [0.15, 0.2) is 0 Å². The number of carbonyl (C=O) groups excluding carboxylic acids is 1. The summed E-state index contributed by atoms with van der Waals surface area (Å²) in [6.45, 7) is 5.85. The van der Waals surface area contributed by atoms with Gasteiger partial charge in [0.1, 0.15) is 11.9 Å². The Labute approximate surface area is 103 Å². The number of aryl methyl sites for hydroxylation is 1. The highest BCUT2D eigenvalue weighted by atomic mass is 79.9. The number of fused-ring (bicyclic) bond motifs is 1. The normalized spacial score (nSPS) is 19.5. The van der Waals surface area contributed by atoms with E-state index < -0.39 is 0 Å². The average molecular weight is 284 g/mol. The van der Waals surface area contributed by atoms with Gasteiger partial charge in [-0.1, -0.05) is 15.9 Å². The molecule has 0 saturated carbocycles. The van der Waals surface area contributed by atoms with Gasteiger partial charge in [-0.2, -0.15) is 0 Å². The first kappa shape index (κ1) is 11.5. The number of rotatable bonds is 0. The topological polar surface area (TPSA) is 38.3 Å². The summed E-state index contributed by atoms with van der Waals surface area (Å²) in [5.74, 6) is 0.797. The second-order valence-corrected chi connectivity index (χ2v) is 5.04. The lowest BCUT2D eigenvalue weighted by atomic mass is 10.1. The number of anilines is 1. The van der Waals surface area contributed by atoms with E-state index in [2.05, 4.69) is 21.2 Å². The molecule has 0 aromatic heterocycles. The number of nitrogens with one attached hydrogen (secondary N) is 1. The molecule has 3 nitrogen and oxygen atoms in total. The zero-order chi connectivity index (χ0) is 11.9. The third-order valence-corrected chi connectivity index (χ3v) is 3.54. The maximum atomic E-state index is 11.6. The maximum Gasteiger partial charge on any atom is 0.228 e. The summed E-state index contributed by atoms with van der Waals surface area (Å²) in [5.41, 5.74) is 2.82. The van der Waals surface area contributed by atoms with Crippen LogP contribution in [0.25, 0.3) is 0 Å².